The largest absolute Gasteiger partial charge is 1.00 e. The third-order valence-electron chi connectivity index (χ3n) is 4.20. The van der Waals surface area contributed by atoms with Gasteiger partial charge in [-0.25, -0.2) is 4.99 Å². The van der Waals surface area contributed by atoms with Crippen LogP contribution in [0.3, 0.4) is 0 Å². The Kier molecular flexibility index (Phi) is 11.7. The smallest absolute Gasteiger partial charge is 0.654 e. The number of halogens is 6. The Morgan fingerprint density at radius 3 is 1.51 bits per heavy atom. The molecular weight excluding hydrogens is 524 g/mol. The third-order valence-corrected chi connectivity index (χ3v) is 4.20. The maximum atomic E-state index is 13.5. The van der Waals surface area contributed by atoms with Crippen LogP contribution < -0.4 is 0 Å². The van der Waals surface area contributed by atoms with Gasteiger partial charge in [0.1, 0.15) is 5.71 Å². The first kappa shape index (κ1) is 32.7. The molecular formula is C24H28CuF6N3O. The number of aliphatic imine (C=N–C) groups is 1. The summed E-state index contributed by atoms with van der Waals surface area (Å²) in [5.41, 5.74) is -1.72. The molecule has 0 spiro atoms. The van der Waals surface area contributed by atoms with Crippen molar-refractivity contribution in [1.82, 2.24) is 0 Å². The van der Waals surface area contributed by atoms with Gasteiger partial charge in [0.05, 0.1) is 26.8 Å². The van der Waals surface area contributed by atoms with Crippen LogP contribution in [0.1, 0.15) is 22.3 Å². The SMILES string of the molecule is C[N+](C)(C)[O-].Cc1cccc(C)c1N=C(/C=C(\[N-]c1c(C)cccc1C)C(F)(F)F)C(F)(F)F.[Cu+]. The van der Waals surface area contributed by atoms with Crippen molar-refractivity contribution in [3.05, 3.63) is 80.9 Å². The van der Waals surface area contributed by atoms with Crippen molar-refractivity contribution in [1.29, 1.82) is 0 Å². The first-order valence-electron chi connectivity index (χ1n) is 10.1. The minimum absolute atomic E-state index is 0. The number of rotatable bonds is 4. The van der Waals surface area contributed by atoms with E-state index in [1.807, 2.05) is 0 Å². The van der Waals surface area contributed by atoms with Crippen LogP contribution in [0.4, 0.5) is 37.7 Å². The quantitative estimate of drug-likeness (QED) is 0.125. The summed E-state index contributed by atoms with van der Waals surface area (Å²) in [6, 6.07) is 9.41. The molecule has 0 N–H and O–H groups in total. The second-order valence-corrected chi connectivity index (χ2v) is 8.50. The maximum absolute atomic E-state index is 13.5. The normalized spacial score (nSPS) is 13.0. The Bertz CT molecular complexity index is 1010. The molecule has 0 bridgehead atoms. The number of nitrogens with zero attached hydrogens (tertiary/aromatic N) is 3. The molecule has 0 radical (unpaired) electrons. The Morgan fingerprint density at radius 2 is 1.17 bits per heavy atom. The number of benzene rings is 2. The first-order valence-corrected chi connectivity index (χ1v) is 10.1. The molecule has 2 rings (SSSR count). The van der Waals surface area contributed by atoms with Gasteiger partial charge in [-0.3, -0.25) is 0 Å². The van der Waals surface area contributed by atoms with Crippen molar-refractivity contribution in [2.75, 3.05) is 21.1 Å². The van der Waals surface area contributed by atoms with E-state index in [2.05, 4.69) is 10.3 Å². The van der Waals surface area contributed by atoms with Gasteiger partial charge in [-0.15, -0.1) is 5.69 Å². The molecule has 35 heavy (non-hydrogen) atoms. The number of hydrogen-bond acceptors (Lipinski definition) is 2. The Labute approximate surface area is 212 Å². The van der Waals surface area contributed by atoms with E-state index in [4.69, 9.17) is 0 Å². The minimum Gasteiger partial charge on any atom is -0.654 e. The van der Waals surface area contributed by atoms with E-state index in [-0.39, 0.29) is 39.2 Å². The van der Waals surface area contributed by atoms with Crippen LogP contribution in [0.25, 0.3) is 5.32 Å². The van der Waals surface area contributed by atoms with Gasteiger partial charge in [0, 0.05) is 0 Å². The molecule has 2 aromatic rings. The molecule has 0 amide bonds. The van der Waals surface area contributed by atoms with E-state index in [1.54, 1.807) is 33.3 Å². The van der Waals surface area contributed by atoms with Crippen molar-refractivity contribution in [2.24, 2.45) is 4.99 Å². The fourth-order valence-corrected chi connectivity index (χ4v) is 2.69. The van der Waals surface area contributed by atoms with Gasteiger partial charge in [0.15, 0.2) is 0 Å². The van der Waals surface area contributed by atoms with Gasteiger partial charge in [-0.2, -0.15) is 26.3 Å². The van der Waals surface area contributed by atoms with Gasteiger partial charge in [0.25, 0.3) is 0 Å². The molecule has 0 aliphatic rings. The number of aryl methyl sites for hydroxylation is 4. The van der Waals surface area contributed by atoms with E-state index < -0.39 is 23.8 Å². The number of hydrogen-bond donors (Lipinski definition) is 0. The molecule has 0 unspecified atom stereocenters. The van der Waals surface area contributed by atoms with E-state index in [9.17, 15) is 31.5 Å². The van der Waals surface area contributed by atoms with E-state index in [1.165, 1.54) is 52.0 Å². The Morgan fingerprint density at radius 1 is 0.800 bits per heavy atom. The van der Waals surface area contributed by atoms with Crippen molar-refractivity contribution in [3.8, 4) is 0 Å². The van der Waals surface area contributed by atoms with Crippen molar-refractivity contribution in [2.45, 2.75) is 40.0 Å². The summed E-state index contributed by atoms with van der Waals surface area (Å²) in [6.45, 7) is 6.15. The van der Waals surface area contributed by atoms with Gasteiger partial charge >= 0.3 is 29.4 Å². The Balaban J connectivity index is 0.00000175. The predicted molar refractivity (Wildman–Crippen MR) is 124 cm³/mol. The summed E-state index contributed by atoms with van der Waals surface area (Å²) in [5.74, 6) is 0. The molecule has 0 atom stereocenters. The number of allylic oxidation sites excluding steroid dienone is 2. The molecule has 4 nitrogen and oxygen atoms in total. The standard InChI is InChI=1S/C21H19F6N2.C3H9NO.Cu/c1-12-7-5-8-13(2)18(12)28-16(20(22,23)24)11-17(21(25,26)27)29-19-14(3)9-6-10-15(19)4;1-4(2,3)5;/h5-11H,1-4H3;1-3H3;/q-1;;+1/b16-11-,29-17?;;. The summed E-state index contributed by atoms with van der Waals surface area (Å²) >= 11 is 0. The average Bonchev–Trinajstić information content (AvgIpc) is 2.62. The molecule has 0 saturated heterocycles. The second-order valence-electron chi connectivity index (χ2n) is 8.50. The third kappa shape index (κ3) is 11.3. The van der Waals surface area contributed by atoms with E-state index >= 15 is 0 Å². The van der Waals surface area contributed by atoms with Crippen LogP contribution in [-0.2, 0) is 17.1 Å². The zero-order valence-electron chi connectivity index (χ0n) is 20.4. The molecule has 0 saturated carbocycles. The van der Waals surface area contributed by atoms with Crippen LogP contribution in [0, 0.1) is 32.9 Å². The zero-order chi connectivity index (χ0) is 26.5. The molecule has 198 valence electrons. The van der Waals surface area contributed by atoms with Gasteiger partial charge < -0.3 is 15.2 Å². The number of para-hydroxylation sites is 2. The number of hydroxylamine groups is 3. The minimum atomic E-state index is -5.10. The van der Waals surface area contributed by atoms with Gasteiger partial charge in [-0.1, -0.05) is 53.2 Å². The van der Waals surface area contributed by atoms with Gasteiger partial charge in [-0.05, 0) is 44.9 Å². The molecule has 0 fully saturated rings. The van der Waals surface area contributed by atoms with Crippen LogP contribution in [0.15, 0.2) is 53.2 Å². The Hall–Kier alpha value is -2.33. The van der Waals surface area contributed by atoms with Crippen LogP contribution in [0.5, 0.6) is 0 Å². The number of alkyl halides is 6. The van der Waals surface area contributed by atoms with Crippen molar-refractivity contribution in [3.63, 3.8) is 0 Å². The van der Waals surface area contributed by atoms with Crippen LogP contribution in [0.2, 0.25) is 0 Å². The van der Waals surface area contributed by atoms with E-state index in [0.717, 1.165) is 0 Å². The topological polar surface area (TPSA) is 49.5 Å². The maximum Gasteiger partial charge on any atom is 1.00 e. The molecule has 0 aromatic heterocycles. The summed E-state index contributed by atoms with van der Waals surface area (Å²) in [5, 5.41) is 13.6. The summed E-state index contributed by atoms with van der Waals surface area (Å²) in [6.07, 6.45) is -10.2. The first-order chi connectivity index (χ1) is 15.3. The second kappa shape index (κ2) is 12.6. The van der Waals surface area contributed by atoms with Gasteiger partial charge in [0.2, 0.25) is 0 Å². The summed E-state index contributed by atoms with van der Waals surface area (Å²) in [4.78, 5) is 3.52. The molecule has 0 aliphatic heterocycles. The van der Waals surface area contributed by atoms with Crippen molar-refractivity contribution < 1.29 is 48.1 Å². The zero-order valence-corrected chi connectivity index (χ0v) is 21.3. The van der Waals surface area contributed by atoms with E-state index in [0.29, 0.717) is 22.3 Å². The fraction of sp³-hybridized carbons (Fsp3) is 0.375. The molecule has 2 aromatic carbocycles. The van der Waals surface area contributed by atoms with Crippen LogP contribution in [-0.4, -0.2) is 43.9 Å². The fourth-order valence-electron chi connectivity index (χ4n) is 2.69. The molecule has 0 aliphatic carbocycles. The monoisotopic (exact) mass is 551 g/mol. The summed E-state index contributed by atoms with van der Waals surface area (Å²) < 4.78 is 80.9. The predicted octanol–water partition coefficient (Wildman–Crippen LogP) is 7.89. The summed E-state index contributed by atoms with van der Waals surface area (Å²) in [7, 11) is 4.71. The molecule has 0 heterocycles. The average molecular weight is 552 g/mol. The molecule has 11 heteroatoms. The van der Waals surface area contributed by atoms with Crippen molar-refractivity contribution >= 4 is 17.1 Å². The van der Waals surface area contributed by atoms with Crippen LogP contribution >= 0.6 is 0 Å². The number of quaternary nitrogens is 1.